The standard InChI is InChI=1S/C17H21ClN2O6/c1-4-7-25-15-12(18)8-11(9-13(15)24-3)5-6-14(21)26-10(2)16(22)20-17(19)23/h5-6,8-10H,4,7H2,1-3H3,(H3,19,20,22,23)/b6-5+/t10-/m1/s1. The smallest absolute Gasteiger partial charge is 0.331 e. The van der Waals surface area contributed by atoms with E-state index < -0.39 is 24.0 Å². The highest BCUT2D eigenvalue weighted by atomic mass is 35.5. The summed E-state index contributed by atoms with van der Waals surface area (Å²) in [4.78, 5) is 33.8. The fraction of sp³-hybridized carbons (Fsp3) is 0.353. The summed E-state index contributed by atoms with van der Waals surface area (Å²) in [6.07, 6.45) is 2.20. The zero-order valence-corrected chi connectivity index (χ0v) is 15.5. The monoisotopic (exact) mass is 384 g/mol. The summed E-state index contributed by atoms with van der Waals surface area (Å²) in [7, 11) is 1.48. The first kappa shape index (κ1) is 21.3. The molecule has 3 amide bonds. The Morgan fingerprint density at radius 1 is 1.35 bits per heavy atom. The molecule has 0 bridgehead atoms. The molecule has 9 heteroatoms. The number of hydrogen-bond donors (Lipinski definition) is 2. The van der Waals surface area contributed by atoms with E-state index in [1.807, 2.05) is 12.2 Å². The number of hydrogen-bond acceptors (Lipinski definition) is 6. The molecule has 1 aromatic rings. The van der Waals surface area contributed by atoms with Crippen molar-refractivity contribution in [2.45, 2.75) is 26.4 Å². The number of nitrogens with one attached hydrogen (secondary N) is 1. The Morgan fingerprint density at radius 2 is 2.04 bits per heavy atom. The van der Waals surface area contributed by atoms with Gasteiger partial charge in [0.2, 0.25) is 0 Å². The molecule has 1 rings (SSSR count). The van der Waals surface area contributed by atoms with Gasteiger partial charge in [0.25, 0.3) is 5.91 Å². The number of esters is 1. The van der Waals surface area contributed by atoms with Gasteiger partial charge in [0.05, 0.1) is 18.7 Å². The Kier molecular flexibility index (Phi) is 8.44. The Balaban J connectivity index is 2.81. The summed E-state index contributed by atoms with van der Waals surface area (Å²) in [5.41, 5.74) is 5.39. The lowest BCUT2D eigenvalue weighted by Gasteiger charge is -2.13. The molecule has 0 unspecified atom stereocenters. The minimum absolute atomic E-state index is 0.333. The van der Waals surface area contributed by atoms with Crippen molar-refractivity contribution < 1.29 is 28.6 Å². The molecule has 0 radical (unpaired) electrons. The lowest BCUT2D eigenvalue weighted by atomic mass is 10.2. The minimum Gasteiger partial charge on any atom is -0.493 e. The van der Waals surface area contributed by atoms with E-state index in [2.05, 4.69) is 0 Å². The van der Waals surface area contributed by atoms with Crippen LogP contribution in [0, 0.1) is 0 Å². The molecule has 0 heterocycles. The van der Waals surface area contributed by atoms with E-state index in [-0.39, 0.29) is 0 Å². The van der Waals surface area contributed by atoms with Crippen LogP contribution < -0.4 is 20.5 Å². The third kappa shape index (κ3) is 6.64. The largest absolute Gasteiger partial charge is 0.493 e. The first-order chi connectivity index (χ1) is 12.3. The van der Waals surface area contributed by atoms with Crippen LogP contribution >= 0.6 is 11.6 Å². The van der Waals surface area contributed by atoms with Gasteiger partial charge in [0, 0.05) is 6.08 Å². The van der Waals surface area contributed by atoms with Crippen LogP contribution in [0.1, 0.15) is 25.8 Å². The Bertz CT molecular complexity index is 705. The predicted molar refractivity (Wildman–Crippen MR) is 96.1 cm³/mol. The van der Waals surface area contributed by atoms with Gasteiger partial charge in [-0.15, -0.1) is 0 Å². The summed E-state index contributed by atoms with van der Waals surface area (Å²) < 4.78 is 15.7. The molecule has 0 aliphatic heterocycles. The number of rotatable bonds is 8. The van der Waals surface area contributed by atoms with Crippen molar-refractivity contribution >= 4 is 35.6 Å². The number of carbonyl (C=O) groups excluding carboxylic acids is 3. The molecular weight excluding hydrogens is 364 g/mol. The Labute approximate surface area is 156 Å². The van der Waals surface area contributed by atoms with Crippen LogP contribution in [0.4, 0.5) is 4.79 Å². The van der Waals surface area contributed by atoms with Crippen LogP contribution in [-0.4, -0.2) is 37.7 Å². The average molecular weight is 385 g/mol. The maximum Gasteiger partial charge on any atom is 0.331 e. The number of imide groups is 1. The van der Waals surface area contributed by atoms with Crippen molar-refractivity contribution in [3.8, 4) is 11.5 Å². The van der Waals surface area contributed by atoms with E-state index in [0.29, 0.717) is 28.7 Å². The van der Waals surface area contributed by atoms with Crippen molar-refractivity contribution in [1.82, 2.24) is 5.32 Å². The van der Waals surface area contributed by atoms with Gasteiger partial charge < -0.3 is 19.9 Å². The van der Waals surface area contributed by atoms with Gasteiger partial charge in [-0.2, -0.15) is 0 Å². The molecule has 0 spiro atoms. The fourth-order valence-electron chi connectivity index (χ4n) is 1.83. The second-order valence-corrected chi connectivity index (χ2v) is 5.56. The first-order valence-electron chi connectivity index (χ1n) is 7.77. The Morgan fingerprint density at radius 3 is 2.62 bits per heavy atom. The van der Waals surface area contributed by atoms with Gasteiger partial charge in [-0.05, 0) is 37.1 Å². The molecule has 1 aromatic carbocycles. The lowest BCUT2D eigenvalue weighted by molar-refractivity contribution is -0.149. The highest BCUT2D eigenvalue weighted by molar-refractivity contribution is 6.32. The van der Waals surface area contributed by atoms with E-state index in [4.69, 9.17) is 31.5 Å². The molecule has 0 saturated carbocycles. The average Bonchev–Trinajstić information content (AvgIpc) is 2.57. The zero-order valence-electron chi connectivity index (χ0n) is 14.7. The zero-order chi connectivity index (χ0) is 19.7. The highest BCUT2D eigenvalue weighted by Gasteiger charge is 2.18. The third-order valence-corrected chi connectivity index (χ3v) is 3.30. The van der Waals surface area contributed by atoms with Crippen molar-refractivity contribution in [2.24, 2.45) is 5.73 Å². The minimum atomic E-state index is -1.18. The van der Waals surface area contributed by atoms with Crippen molar-refractivity contribution in [2.75, 3.05) is 13.7 Å². The first-order valence-corrected chi connectivity index (χ1v) is 8.15. The number of benzene rings is 1. The topological polar surface area (TPSA) is 117 Å². The highest BCUT2D eigenvalue weighted by Crippen LogP contribution is 2.36. The number of nitrogens with two attached hydrogens (primary N) is 1. The number of carbonyl (C=O) groups is 3. The van der Waals surface area contributed by atoms with Crippen LogP contribution in [0.25, 0.3) is 6.08 Å². The molecule has 8 nitrogen and oxygen atoms in total. The van der Waals surface area contributed by atoms with Crippen LogP contribution in [0.2, 0.25) is 5.02 Å². The molecule has 0 fully saturated rings. The van der Waals surface area contributed by atoms with Gasteiger partial charge in [0.15, 0.2) is 17.6 Å². The normalized spacial score (nSPS) is 11.7. The van der Waals surface area contributed by atoms with Gasteiger partial charge in [-0.25, -0.2) is 9.59 Å². The fourth-order valence-corrected chi connectivity index (χ4v) is 2.11. The number of primary amides is 1. The maximum atomic E-state index is 11.8. The molecule has 0 aromatic heterocycles. The van der Waals surface area contributed by atoms with Crippen LogP contribution in [-0.2, 0) is 14.3 Å². The lowest BCUT2D eigenvalue weighted by Crippen LogP contribution is -2.42. The number of ether oxygens (including phenoxy) is 3. The van der Waals surface area contributed by atoms with Crippen LogP contribution in [0.15, 0.2) is 18.2 Å². The Hall–Kier alpha value is -2.74. The van der Waals surface area contributed by atoms with Crippen LogP contribution in [0.5, 0.6) is 11.5 Å². The third-order valence-electron chi connectivity index (χ3n) is 3.02. The molecule has 1 atom stereocenters. The molecule has 142 valence electrons. The molecule has 3 N–H and O–H groups in total. The summed E-state index contributed by atoms with van der Waals surface area (Å²) in [5, 5.41) is 2.15. The number of methoxy groups -OCH3 is 1. The van der Waals surface area contributed by atoms with Gasteiger partial charge in [-0.1, -0.05) is 18.5 Å². The number of urea groups is 1. The second-order valence-electron chi connectivity index (χ2n) is 5.15. The molecule has 0 aliphatic rings. The van der Waals surface area contributed by atoms with Gasteiger partial charge in [0.1, 0.15) is 0 Å². The summed E-state index contributed by atoms with van der Waals surface area (Å²) in [6, 6.07) is 2.21. The van der Waals surface area contributed by atoms with E-state index in [1.165, 1.54) is 20.1 Å². The molecular formula is C17H21ClN2O6. The second kappa shape index (κ2) is 10.3. The maximum absolute atomic E-state index is 11.8. The van der Waals surface area contributed by atoms with E-state index in [9.17, 15) is 14.4 Å². The summed E-state index contributed by atoms with van der Waals surface area (Å²) in [6.45, 7) is 3.76. The van der Waals surface area contributed by atoms with Crippen molar-refractivity contribution in [3.05, 3.63) is 28.8 Å². The number of amides is 3. The molecule has 0 aliphatic carbocycles. The van der Waals surface area contributed by atoms with Crippen molar-refractivity contribution in [3.63, 3.8) is 0 Å². The summed E-state index contributed by atoms with van der Waals surface area (Å²) >= 11 is 6.19. The van der Waals surface area contributed by atoms with Crippen molar-refractivity contribution in [1.29, 1.82) is 0 Å². The molecule has 26 heavy (non-hydrogen) atoms. The van der Waals surface area contributed by atoms with Gasteiger partial charge >= 0.3 is 12.0 Å². The van der Waals surface area contributed by atoms with Gasteiger partial charge in [-0.3, -0.25) is 10.1 Å². The van der Waals surface area contributed by atoms with Crippen LogP contribution in [0.3, 0.4) is 0 Å². The summed E-state index contributed by atoms with van der Waals surface area (Å²) in [5.74, 6) is -0.749. The predicted octanol–water partition coefficient (Wildman–Crippen LogP) is 2.28. The van der Waals surface area contributed by atoms with E-state index >= 15 is 0 Å². The SMILES string of the molecule is CCCOc1c(Cl)cc(/C=C/C(=O)O[C@H](C)C(=O)NC(N)=O)cc1OC. The van der Waals surface area contributed by atoms with E-state index in [1.54, 1.807) is 12.1 Å². The van der Waals surface area contributed by atoms with E-state index in [0.717, 1.165) is 12.5 Å². The molecule has 0 saturated heterocycles. The number of halogens is 1. The quantitative estimate of drug-likeness (QED) is 0.524.